The van der Waals surface area contributed by atoms with E-state index in [2.05, 4.69) is 24.5 Å². The van der Waals surface area contributed by atoms with Gasteiger partial charge in [0, 0.05) is 12.0 Å². The molecule has 0 bridgehead atoms. The molecule has 0 amide bonds. The summed E-state index contributed by atoms with van der Waals surface area (Å²) in [6.07, 6.45) is 2.22. The van der Waals surface area contributed by atoms with E-state index in [0.717, 1.165) is 29.9 Å². The summed E-state index contributed by atoms with van der Waals surface area (Å²) in [6, 6.07) is 17.8. The van der Waals surface area contributed by atoms with Crippen LogP contribution >= 0.6 is 0 Å². The van der Waals surface area contributed by atoms with Crippen LogP contribution in [0.5, 0.6) is 11.5 Å². The second kappa shape index (κ2) is 9.55. The predicted molar refractivity (Wildman–Crippen MR) is 92.3 cm³/mol. The van der Waals surface area contributed by atoms with Crippen LogP contribution in [0.15, 0.2) is 54.6 Å². The Labute approximate surface area is 138 Å². The van der Waals surface area contributed by atoms with Gasteiger partial charge in [0.2, 0.25) is 0 Å². The summed E-state index contributed by atoms with van der Waals surface area (Å²) in [7, 11) is 0. The number of benzene rings is 2. The molecule has 1 unspecified atom stereocenters. The Morgan fingerprint density at radius 3 is 2.26 bits per heavy atom. The highest BCUT2D eigenvalue weighted by Crippen LogP contribution is 2.17. The van der Waals surface area contributed by atoms with Gasteiger partial charge in [0.05, 0.1) is 0 Å². The van der Waals surface area contributed by atoms with E-state index < -0.39 is 0 Å². The average molecular weight is 310 g/mol. The van der Waals surface area contributed by atoms with E-state index in [-0.39, 0.29) is 0 Å². The summed E-state index contributed by atoms with van der Waals surface area (Å²) in [5.74, 6) is 7.71. The van der Waals surface area contributed by atoms with Gasteiger partial charge in [-0.1, -0.05) is 43.4 Å². The van der Waals surface area contributed by atoms with Gasteiger partial charge in [0.25, 0.3) is 0 Å². The van der Waals surface area contributed by atoms with Crippen LogP contribution in [0.1, 0.15) is 25.3 Å². The second-order valence-electron chi connectivity index (χ2n) is 5.39. The average Bonchev–Trinajstić information content (AvgIpc) is 2.59. The van der Waals surface area contributed by atoms with Gasteiger partial charge in [-0.3, -0.25) is 0 Å². The van der Waals surface area contributed by atoms with E-state index >= 15 is 0 Å². The molecule has 0 aliphatic rings. The van der Waals surface area contributed by atoms with Crippen LogP contribution in [-0.2, 0) is 0 Å². The van der Waals surface area contributed by atoms with Crippen LogP contribution in [0.25, 0.3) is 0 Å². The summed E-state index contributed by atoms with van der Waals surface area (Å²) in [4.78, 5) is 0. The maximum atomic E-state index is 5.71. The van der Waals surface area contributed by atoms with E-state index in [1.165, 1.54) is 0 Å². The predicted octanol–water partition coefficient (Wildman–Crippen LogP) is 2.91. The van der Waals surface area contributed by atoms with Crippen LogP contribution in [0, 0.1) is 11.8 Å². The van der Waals surface area contributed by atoms with Gasteiger partial charge in [0.1, 0.15) is 30.8 Å². The van der Waals surface area contributed by atoms with E-state index in [4.69, 9.17) is 9.47 Å². The number of quaternary nitrogens is 1. The molecule has 0 radical (unpaired) electrons. The molecule has 2 aromatic rings. The molecule has 120 valence electrons. The van der Waals surface area contributed by atoms with Crippen molar-refractivity contribution >= 4 is 0 Å². The maximum Gasteiger partial charge on any atom is 0.149 e. The van der Waals surface area contributed by atoms with Gasteiger partial charge in [0.15, 0.2) is 0 Å². The third-order valence-corrected chi connectivity index (χ3v) is 3.32. The van der Waals surface area contributed by atoms with Crippen molar-refractivity contribution in [2.45, 2.75) is 25.8 Å². The highest BCUT2D eigenvalue weighted by Gasteiger charge is 2.05. The van der Waals surface area contributed by atoms with E-state index in [9.17, 15) is 0 Å². The minimum Gasteiger partial charge on any atom is -0.487 e. The summed E-state index contributed by atoms with van der Waals surface area (Å²) >= 11 is 0. The summed E-state index contributed by atoms with van der Waals surface area (Å²) < 4.78 is 11.3. The van der Waals surface area contributed by atoms with Gasteiger partial charge in [-0.15, -0.1) is 0 Å². The molecule has 3 N–H and O–H groups in total. The lowest BCUT2D eigenvalue weighted by molar-refractivity contribution is -0.425. The van der Waals surface area contributed by atoms with E-state index in [0.29, 0.717) is 19.3 Å². The summed E-state index contributed by atoms with van der Waals surface area (Å²) in [5, 5.41) is 0. The van der Waals surface area contributed by atoms with Crippen LogP contribution in [0.3, 0.4) is 0 Å². The van der Waals surface area contributed by atoms with Crippen molar-refractivity contribution in [1.82, 2.24) is 0 Å². The normalized spacial score (nSPS) is 11.2. The largest absolute Gasteiger partial charge is 0.487 e. The first kappa shape index (κ1) is 16.9. The van der Waals surface area contributed by atoms with Gasteiger partial charge < -0.3 is 15.2 Å². The Morgan fingerprint density at radius 2 is 1.61 bits per heavy atom. The Kier molecular flexibility index (Phi) is 7.03. The Balaban J connectivity index is 1.76. The Hall–Kier alpha value is -2.44. The van der Waals surface area contributed by atoms with Gasteiger partial charge in [-0.05, 0) is 36.4 Å². The Bertz CT molecular complexity index is 626. The molecule has 0 saturated carbocycles. The van der Waals surface area contributed by atoms with Crippen molar-refractivity contribution in [3.8, 4) is 23.3 Å². The van der Waals surface area contributed by atoms with Crippen molar-refractivity contribution in [3.05, 3.63) is 60.2 Å². The minimum absolute atomic E-state index is 0.337. The molecular weight excluding hydrogens is 286 g/mol. The fourth-order valence-corrected chi connectivity index (χ4v) is 2.12. The molecule has 0 aliphatic heterocycles. The fourth-order valence-electron chi connectivity index (χ4n) is 2.12. The third kappa shape index (κ3) is 6.46. The molecule has 2 aromatic carbocycles. The molecule has 1 atom stereocenters. The van der Waals surface area contributed by atoms with Crippen molar-refractivity contribution in [2.24, 2.45) is 0 Å². The summed E-state index contributed by atoms with van der Waals surface area (Å²) in [6.45, 7) is 3.17. The smallest absolute Gasteiger partial charge is 0.149 e. The van der Waals surface area contributed by atoms with Gasteiger partial charge in [-0.25, -0.2) is 0 Å². The van der Waals surface area contributed by atoms with Crippen LogP contribution in [0.2, 0.25) is 0 Å². The number of hydrogen-bond donors (Lipinski definition) is 1. The molecule has 3 nitrogen and oxygen atoms in total. The monoisotopic (exact) mass is 310 g/mol. The van der Waals surface area contributed by atoms with Gasteiger partial charge >= 0.3 is 0 Å². The first-order valence-corrected chi connectivity index (χ1v) is 8.00. The standard InChI is InChI=1S/C20H23NO2/c1-2-7-18(21)16-23-20-13-11-19(12-14-20)22-15-6-10-17-8-4-3-5-9-17/h3-5,8-9,11-14,18H,2,7,15-16,21H2,1H3/p+1. The molecule has 0 saturated heterocycles. The Morgan fingerprint density at radius 1 is 0.957 bits per heavy atom. The lowest BCUT2D eigenvalue weighted by Crippen LogP contribution is -2.63. The zero-order valence-corrected chi connectivity index (χ0v) is 13.6. The molecular formula is C20H24NO2+. The number of hydrogen-bond acceptors (Lipinski definition) is 2. The highest BCUT2D eigenvalue weighted by atomic mass is 16.5. The van der Waals surface area contributed by atoms with Crippen molar-refractivity contribution < 1.29 is 15.2 Å². The zero-order valence-electron chi connectivity index (χ0n) is 13.6. The number of rotatable bonds is 7. The van der Waals surface area contributed by atoms with Crippen molar-refractivity contribution in [2.75, 3.05) is 13.2 Å². The molecule has 3 heteroatoms. The fraction of sp³-hybridized carbons (Fsp3) is 0.300. The first-order valence-electron chi connectivity index (χ1n) is 8.00. The molecule has 0 aliphatic carbocycles. The summed E-state index contributed by atoms with van der Waals surface area (Å²) in [5.41, 5.74) is 5.07. The zero-order chi connectivity index (χ0) is 16.3. The van der Waals surface area contributed by atoms with Crippen LogP contribution < -0.4 is 15.2 Å². The highest BCUT2D eigenvalue weighted by molar-refractivity contribution is 5.34. The lowest BCUT2D eigenvalue weighted by Gasteiger charge is -2.10. The molecule has 2 rings (SSSR count). The molecule has 0 heterocycles. The number of ether oxygens (including phenoxy) is 2. The molecule has 23 heavy (non-hydrogen) atoms. The molecule has 0 spiro atoms. The topological polar surface area (TPSA) is 46.1 Å². The molecule has 0 fully saturated rings. The third-order valence-electron chi connectivity index (χ3n) is 3.32. The SMILES string of the molecule is CCCC([NH3+])COc1ccc(OCC#Cc2ccccc2)cc1. The molecule has 0 aromatic heterocycles. The van der Waals surface area contributed by atoms with E-state index in [1.807, 2.05) is 54.6 Å². The van der Waals surface area contributed by atoms with Crippen LogP contribution in [-0.4, -0.2) is 19.3 Å². The van der Waals surface area contributed by atoms with E-state index in [1.54, 1.807) is 0 Å². The lowest BCUT2D eigenvalue weighted by atomic mass is 10.2. The second-order valence-corrected chi connectivity index (χ2v) is 5.39. The minimum atomic E-state index is 0.337. The van der Waals surface area contributed by atoms with Crippen LogP contribution in [0.4, 0.5) is 0 Å². The quantitative estimate of drug-likeness (QED) is 0.799. The van der Waals surface area contributed by atoms with Crippen molar-refractivity contribution in [3.63, 3.8) is 0 Å². The van der Waals surface area contributed by atoms with Crippen molar-refractivity contribution in [1.29, 1.82) is 0 Å². The van der Waals surface area contributed by atoms with Gasteiger partial charge in [-0.2, -0.15) is 0 Å². The first-order chi connectivity index (χ1) is 11.3. The maximum absolute atomic E-state index is 5.71.